The summed E-state index contributed by atoms with van der Waals surface area (Å²) < 4.78 is 102. The molecule has 0 aromatic heterocycles. The van der Waals surface area contributed by atoms with Crippen molar-refractivity contribution in [3.63, 3.8) is 0 Å². The van der Waals surface area contributed by atoms with Gasteiger partial charge >= 0.3 is 6.11 Å². The van der Waals surface area contributed by atoms with Gasteiger partial charge in [-0.05, 0) is 47.9 Å². The number of rotatable bonds is 6. The third kappa shape index (κ3) is 4.27. The first-order chi connectivity index (χ1) is 14.1. The van der Waals surface area contributed by atoms with E-state index in [1.54, 1.807) is 6.92 Å². The number of benzene rings is 3. The van der Waals surface area contributed by atoms with Crippen LogP contribution >= 0.6 is 0 Å². The maximum Gasteiger partial charge on any atom is 0.429 e. The summed E-state index contributed by atoms with van der Waals surface area (Å²) in [4.78, 5) is 0. The van der Waals surface area contributed by atoms with Gasteiger partial charge in [0.1, 0.15) is 17.1 Å². The molecule has 0 saturated carbocycles. The minimum absolute atomic E-state index is 0.0238. The summed E-state index contributed by atoms with van der Waals surface area (Å²) in [6.07, 6.45) is -3.62. The predicted octanol–water partition coefficient (Wildman–Crippen LogP) is 7.13. The minimum atomic E-state index is -4.29. The lowest BCUT2D eigenvalue weighted by atomic mass is 10.0. The van der Waals surface area contributed by atoms with E-state index in [1.165, 1.54) is 0 Å². The number of hydrogen-bond acceptors (Lipinski definition) is 1. The molecular weight excluding hydrogens is 413 g/mol. The number of halogens is 7. The summed E-state index contributed by atoms with van der Waals surface area (Å²) >= 11 is 0. The van der Waals surface area contributed by atoms with Gasteiger partial charge in [0.2, 0.25) is 0 Å². The van der Waals surface area contributed by atoms with Crippen LogP contribution in [0.2, 0.25) is 0 Å². The Labute approximate surface area is 167 Å². The van der Waals surface area contributed by atoms with Crippen molar-refractivity contribution in [1.29, 1.82) is 0 Å². The van der Waals surface area contributed by atoms with Gasteiger partial charge in [-0.1, -0.05) is 25.5 Å². The third-order valence-corrected chi connectivity index (χ3v) is 4.41. The molecule has 0 aliphatic rings. The van der Waals surface area contributed by atoms with Crippen LogP contribution in [0.5, 0.6) is 5.75 Å². The van der Waals surface area contributed by atoms with E-state index in [1.807, 2.05) is 0 Å². The minimum Gasteiger partial charge on any atom is -0.429 e. The molecule has 3 aromatic rings. The zero-order valence-electron chi connectivity index (χ0n) is 15.6. The molecule has 0 radical (unpaired) electrons. The van der Waals surface area contributed by atoms with Gasteiger partial charge in [-0.15, -0.1) is 0 Å². The van der Waals surface area contributed by atoms with Gasteiger partial charge in [0, 0.05) is 11.6 Å². The normalized spacial score (nSPS) is 11.6. The molecule has 0 unspecified atom stereocenters. The van der Waals surface area contributed by atoms with Crippen LogP contribution < -0.4 is 4.74 Å². The molecule has 0 aliphatic heterocycles. The van der Waals surface area contributed by atoms with Crippen molar-refractivity contribution in [2.75, 3.05) is 0 Å². The molecule has 0 atom stereocenters. The van der Waals surface area contributed by atoms with Crippen molar-refractivity contribution in [2.45, 2.75) is 25.9 Å². The van der Waals surface area contributed by atoms with Gasteiger partial charge in [-0.25, -0.2) is 22.0 Å². The van der Waals surface area contributed by atoms with Crippen molar-refractivity contribution >= 4 is 0 Å². The van der Waals surface area contributed by atoms with E-state index >= 15 is 0 Å². The molecule has 0 amide bonds. The fraction of sp³-hybridized carbons (Fsp3) is 0.182. The lowest BCUT2D eigenvalue weighted by molar-refractivity contribution is -0.187. The van der Waals surface area contributed by atoms with E-state index in [2.05, 4.69) is 4.74 Å². The van der Waals surface area contributed by atoms with Crippen LogP contribution in [0.4, 0.5) is 30.7 Å². The molecule has 3 rings (SSSR count). The Hall–Kier alpha value is -3.03. The second kappa shape index (κ2) is 8.38. The number of alkyl halides is 2. The van der Waals surface area contributed by atoms with Gasteiger partial charge in [-0.3, -0.25) is 0 Å². The number of aryl methyl sites for hydroxylation is 1. The largest absolute Gasteiger partial charge is 0.429 e. The fourth-order valence-electron chi connectivity index (χ4n) is 2.94. The van der Waals surface area contributed by atoms with E-state index in [4.69, 9.17) is 0 Å². The molecule has 8 heteroatoms. The maximum atomic E-state index is 14.4. The standard InChI is InChI=1S/C22H15F7O/c1-2-3-12-4-8-16(21(27)20(12)26)22(28,29)30-14-6-7-15(18(24)11-14)13-5-9-17(23)19(25)10-13/h4-11H,2-3H2,1H3. The molecule has 0 saturated heterocycles. The first-order valence-electron chi connectivity index (χ1n) is 8.93. The zero-order valence-corrected chi connectivity index (χ0v) is 15.6. The molecule has 30 heavy (non-hydrogen) atoms. The van der Waals surface area contributed by atoms with Gasteiger partial charge < -0.3 is 4.74 Å². The predicted molar refractivity (Wildman–Crippen MR) is 96.6 cm³/mol. The lowest BCUT2D eigenvalue weighted by Gasteiger charge is -2.20. The molecule has 0 bridgehead atoms. The Kier molecular flexibility index (Phi) is 6.05. The van der Waals surface area contributed by atoms with Gasteiger partial charge in [-0.2, -0.15) is 8.78 Å². The van der Waals surface area contributed by atoms with E-state index in [-0.39, 0.29) is 23.1 Å². The first kappa shape index (κ1) is 21.7. The summed E-state index contributed by atoms with van der Waals surface area (Å²) in [5, 5.41) is 0. The highest BCUT2D eigenvalue weighted by atomic mass is 19.3. The number of hydrogen-bond donors (Lipinski definition) is 0. The molecule has 0 fully saturated rings. The van der Waals surface area contributed by atoms with Crippen molar-refractivity contribution in [1.82, 2.24) is 0 Å². The van der Waals surface area contributed by atoms with Crippen molar-refractivity contribution in [3.05, 3.63) is 88.7 Å². The highest BCUT2D eigenvalue weighted by molar-refractivity contribution is 5.65. The average molecular weight is 428 g/mol. The van der Waals surface area contributed by atoms with Crippen LogP contribution in [0.1, 0.15) is 24.5 Å². The van der Waals surface area contributed by atoms with Gasteiger partial charge in [0.25, 0.3) is 0 Å². The van der Waals surface area contributed by atoms with Crippen LogP contribution in [0, 0.1) is 29.1 Å². The number of ether oxygens (including phenoxy) is 1. The van der Waals surface area contributed by atoms with Crippen LogP contribution in [0.25, 0.3) is 11.1 Å². The fourth-order valence-corrected chi connectivity index (χ4v) is 2.94. The second-order valence-electron chi connectivity index (χ2n) is 6.54. The Morgan fingerprint density at radius 3 is 2.13 bits per heavy atom. The first-order valence-corrected chi connectivity index (χ1v) is 8.93. The zero-order chi connectivity index (χ0) is 22.1. The molecule has 0 aliphatic carbocycles. The third-order valence-electron chi connectivity index (χ3n) is 4.41. The highest BCUT2D eigenvalue weighted by Crippen LogP contribution is 2.36. The molecule has 1 nitrogen and oxygen atoms in total. The quantitative estimate of drug-likeness (QED) is 0.380. The lowest BCUT2D eigenvalue weighted by Crippen LogP contribution is -2.24. The van der Waals surface area contributed by atoms with Crippen molar-refractivity contribution in [3.8, 4) is 16.9 Å². The average Bonchev–Trinajstić information content (AvgIpc) is 2.67. The molecule has 0 heterocycles. The Morgan fingerprint density at radius 2 is 1.50 bits per heavy atom. The van der Waals surface area contributed by atoms with E-state index < -0.39 is 46.5 Å². The molecular formula is C22H15F7O. The monoisotopic (exact) mass is 428 g/mol. The van der Waals surface area contributed by atoms with Crippen LogP contribution in [0.15, 0.2) is 48.5 Å². The molecule has 3 aromatic carbocycles. The van der Waals surface area contributed by atoms with Crippen molar-refractivity contribution < 1.29 is 35.5 Å². The Morgan fingerprint density at radius 1 is 0.767 bits per heavy atom. The molecule has 0 N–H and O–H groups in total. The maximum absolute atomic E-state index is 14.4. The smallest absolute Gasteiger partial charge is 0.429 e. The van der Waals surface area contributed by atoms with Crippen molar-refractivity contribution in [2.24, 2.45) is 0 Å². The summed E-state index contributed by atoms with van der Waals surface area (Å²) in [5.74, 6) is -7.19. The van der Waals surface area contributed by atoms with Crippen LogP contribution in [-0.2, 0) is 12.5 Å². The summed E-state index contributed by atoms with van der Waals surface area (Å²) in [5.41, 5.74) is -1.59. The summed E-state index contributed by atoms with van der Waals surface area (Å²) in [7, 11) is 0. The summed E-state index contributed by atoms with van der Waals surface area (Å²) in [6, 6.07) is 6.98. The van der Waals surface area contributed by atoms with E-state index in [9.17, 15) is 30.7 Å². The van der Waals surface area contributed by atoms with E-state index in [0.717, 1.165) is 42.5 Å². The van der Waals surface area contributed by atoms with Crippen LogP contribution in [0.3, 0.4) is 0 Å². The Bertz CT molecular complexity index is 1080. The van der Waals surface area contributed by atoms with E-state index in [0.29, 0.717) is 12.5 Å². The molecule has 0 spiro atoms. The van der Waals surface area contributed by atoms with Gasteiger partial charge in [0.05, 0.1) is 0 Å². The topological polar surface area (TPSA) is 9.23 Å². The summed E-state index contributed by atoms with van der Waals surface area (Å²) in [6.45, 7) is 1.72. The Balaban J connectivity index is 1.89. The SMILES string of the molecule is CCCc1ccc(C(F)(F)Oc2ccc(-c3ccc(F)c(F)c3)c(F)c2)c(F)c1F. The van der Waals surface area contributed by atoms with Gasteiger partial charge in [0.15, 0.2) is 23.3 Å². The highest BCUT2D eigenvalue weighted by Gasteiger charge is 2.39. The molecule has 158 valence electrons. The van der Waals surface area contributed by atoms with Crippen LogP contribution in [-0.4, -0.2) is 0 Å². The second-order valence-corrected chi connectivity index (χ2v) is 6.54.